The van der Waals surface area contributed by atoms with E-state index in [-0.39, 0.29) is 12.0 Å². The summed E-state index contributed by atoms with van der Waals surface area (Å²) in [5, 5.41) is 0. The molecule has 4 heteroatoms. The number of ether oxygens (including phenoxy) is 2. The van der Waals surface area contributed by atoms with E-state index >= 15 is 0 Å². The third-order valence-electron chi connectivity index (χ3n) is 2.45. The molecule has 0 rings (SSSR count). The van der Waals surface area contributed by atoms with E-state index in [0.29, 0.717) is 6.42 Å². The Balaban J connectivity index is 3.87. The lowest BCUT2D eigenvalue weighted by Gasteiger charge is -2.26. The smallest absolute Gasteiger partial charge is 0.307 e. The summed E-state index contributed by atoms with van der Waals surface area (Å²) in [6, 6.07) is 0.211. The first-order chi connectivity index (χ1) is 7.15. The van der Waals surface area contributed by atoms with Crippen LogP contribution < -0.4 is 0 Å². The Morgan fingerprint density at radius 3 is 2.53 bits per heavy atom. The largest absolute Gasteiger partial charge is 0.469 e. The summed E-state index contributed by atoms with van der Waals surface area (Å²) in [6.07, 6.45) is 0.441. The first-order valence-corrected chi connectivity index (χ1v) is 5.54. The molecule has 0 aliphatic heterocycles. The van der Waals surface area contributed by atoms with Gasteiger partial charge >= 0.3 is 5.97 Å². The summed E-state index contributed by atoms with van der Waals surface area (Å²) in [5.41, 5.74) is 0. The third-order valence-corrected chi connectivity index (χ3v) is 2.45. The van der Waals surface area contributed by atoms with Crippen LogP contribution in [0.4, 0.5) is 0 Å². The number of nitrogens with zero attached hydrogens (tertiary/aromatic N) is 1. The fourth-order valence-electron chi connectivity index (χ4n) is 1.47. The molecule has 0 aromatic rings. The zero-order valence-electron chi connectivity index (χ0n) is 10.3. The average Bonchev–Trinajstić information content (AvgIpc) is 2.24. The van der Waals surface area contributed by atoms with Gasteiger partial charge in [0.25, 0.3) is 0 Å². The number of esters is 1. The molecule has 0 bridgehead atoms. The standard InChI is InChI=1S/C11H23NO3/c1-5-12(7-8-15-6-2)10(3)9-11(13)14-4/h10H,5-9H2,1-4H3. The van der Waals surface area contributed by atoms with Gasteiger partial charge in [0.2, 0.25) is 0 Å². The topological polar surface area (TPSA) is 38.8 Å². The molecule has 0 aliphatic rings. The van der Waals surface area contributed by atoms with Crippen LogP contribution in [0.2, 0.25) is 0 Å². The van der Waals surface area contributed by atoms with Gasteiger partial charge in [-0.05, 0) is 20.4 Å². The number of likely N-dealkylation sites (N-methyl/N-ethyl adjacent to an activating group) is 1. The van der Waals surface area contributed by atoms with E-state index in [0.717, 1.165) is 26.3 Å². The molecule has 90 valence electrons. The SMILES string of the molecule is CCOCCN(CC)C(C)CC(=O)OC. The van der Waals surface area contributed by atoms with Gasteiger partial charge in [0.15, 0.2) is 0 Å². The van der Waals surface area contributed by atoms with Gasteiger partial charge < -0.3 is 9.47 Å². The summed E-state index contributed by atoms with van der Waals surface area (Å²) < 4.78 is 9.93. The molecule has 0 spiro atoms. The maximum Gasteiger partial charge on any atom is 0.307 e. The molecule has 0 saturated carbocycles. The van der Waals surface area contributed by atoms with Crippen LogP contribution in [0.25, 0.3) is 0 Å². The normalized spacial score (nSPS) is 12.9. The summed E-state index contributed by atoms with van der Waals surface area (Å²) in [4.78, 5) is 13.3. The monoisotopic (exact) mass is 217 g/mol. The number of methoxy groups -OCH3 is 1. The van der Waals surface area contributed by atoms with E-state index in [9.17, 15) is 4.79 Å². The van der Waals surface area contributed by atoms with Gasteiger partial charge in [-0.1, -0.05) is 6.92 Å². The molecule has 15 heavy (non-hydrogen) atoms. The van der Waals surface area contributed by atoms with Crippen molar-refractivity contribution in [3.63, 3.8) is 0 Å². The Morgan fingerprint density at radius 2 is 2.07 bits per heavy atom. The predicted molar refractivity (Wildman–Crippen MR) is 59.8 cm³/mol. The van der Waals surface area contributed by atoms with Crippen molar-refractivity contribution in [1.82, 2.24) is 4.90 Å². The van der Waals surface area contributed by atoms with E-state index in [1.807, 2.05) is 13.8 Å². The van der Waals surface area contributed by atoms with Gasteiger partial charge in [-0.15, -0.1) is 0 Å². The second-order valence-electron chi connectivity index (χ2n) is 3.45. The van der Waals surface area contributed by atoms with Crippen molar-refractivity contribution < 1.29 is 14.3 Å². The quantitative estimate of drug-likeness (QED) is 0.454. The van der Waals surface area contributed by atoms with E-state index in [2.05, 4.69) is 16.6 Å². The highest BCUT2D eigenvalue weighted by molar-refractivity contribution is 5.69. The Morgan fingerprint density at radius 1 is 1.40 bits per heavy atom. The fourth-order valence-corrected chi connectivity index (χ4v) is 1.47. The minimum atomic E-state index is -0.155. The van der Waals surface area contributed by atoms with Crippen LogP contribution in [0.5, 0.6) is 0 Å². The highest BCUT2D eigenvalue weighted by Gasteiger charge is 2.15. The minimum Gasteiger partial charge on any atom is -0.469 e. The van der Waals surface area contributed by atoms with Crippen LogP contribution in [0.15, 0.2) is 0 Å². The molecule has 0 heterocycles. The summed E-state index contributed by atoms with van der Waals surface area (Å²) in [7, 11) is 1.42. The van der Waals surface area contributed by atoms with Crippen molar-refractivity contribution in [1.29, 1.82) is 0 Å². The van der Waals surface area contributed by atoms with Gasteiger partial charge in [-0.2, -0.15) is 0 Å². The van der Waals surface area contributed by atoms with E-state index < -0.39 is 0 Å². The fraction of sp³-hybridized carbons (Fsp3) is 0.909. The Labute approximate surface area is 92.5 Å². The highest BCUT2D eigenvalue weighted by Crippen LogP contribution is 2.04. The molecule has 0 N–H and O–H groups in total. The summed E-state index contributed by atoms with van der Waals surface area (Å²) in [5.74, 6) is -0.155. The van der Waals surface area contributed by atoms with Gasteiger partial charge in [0.05, 0.1) is 20.1 Å². The van der Waals surface area contributed by atoms with Crippen molar-refractivity contribution in [3.05, 3.63) is 0 Å². The molecular weight excluding hydrogens is 194 g/mol. The summed E-state index contributed by atoms with van der Waals surface area (Å²) >= 11 is 0. The molecular formula is C11H23NO3. The zero-order chi connectivity index (χ0) is 11.7. The molecule has 1 atom stereocenters. The van der Waals surface area contributed by atoms with Crippen LogP contribution in [-0.2, 0) is 14.3 Å². The maximum absolute atomic E-state index is 11.1. The first-order valence-electron chi connectivity index (χ1n) is 5.54. The van der Waals surface area contributed by atoms with Gasteiger partial charge in [-0.3, -0.25) is 9.69 Å². The predicted octanol–water partition coefficient (Wildman–Crippen LogP) is 1.30. The maximum atomic E-state index is 11.1. The van der Waals surface area contributed by atoms with Crippen molar-refractivity contribution in [2.75, 3.05) is 33.4 Å². The Bertz CT molecular complexity index is 173. The minimum absolute atomic E-state index is 0.155. The first kappa shape index (κ1) is 14.4. The molecule has 4 nitrogen and oxygen atoms in total. The lowest BCUT2D eigenvalue weighted by Crippen LogP contribution is -2.37. The molecule has 0 aromatic heterocycles. The van der Waals surface area contributed by atoms with Gasteiger partial charge in [0, 0.05) is 19.2 Å². The molecule has 0 amide bonds. The van der Waals surface area contributed by atoms with Crippen LogP contribution in [0.3, 0.4) is 0 Å². The van der Waals surface area contributed by atoms with E-state index in [4.69, 9.17) is 4.74 Å². The number of carbonyl (C=O) groups is 1. The lowest BCUT2D eigenvalue weighted by molar-refractivity contribution is -0.141. The van der Waals surface area contributed by atoms with Crippen LogP contribution in [0.1, 0.15) is 27.2 Å². The van der Waals surface area contributed by atoms with Crippen LogP contribution in [0, 0.1) is 0 Å². The number of carbonyl (C=O) groups excluding carboxylic acids is 1. The molecule has 0 aromatic carbocycles. The lowest BCUT2D eigenvalue weighted by atomic mass is 10.2. The highest BCUT2D eigenvalue weighted by atomic mass is 16.5. The van der Waals surface area contributed by atoms with Crippen molar-refractivity contribution in [3.8, 4) is 0 Å². The zero-order valence-corrected chi connectivity index (χ0v) is 10.3. The van der Waals surface area contributed by atoms with Crippen molar-refractivity contribution >= 4 is 5.97 Å². The molecule has 0 fully saturated rings. The second kappa shape index (κ2) is 8.68. The number of hydrogen-bond acceptors (Lipinski definition) is 4. The number of rotatable bonds is 8. The van der Waals surface area contributed by atoms with E-state index in [1.165, 1.54) is 7.11 Å². The summed E-state index contributed by atoms with van der Waals surface area (Å²) in [6.45, 7) is 9.34. The van der Waals surface area contributed by atoms with Crippen LogP contribution in [-0.4, -0.2) is 50.3 Å². The van der Waals surface area contributed by atoms with E-state index in [1.54, 1.807) is 0 Å². The van der Waals surface area contributed by atoms with Crippen molar-refractivity contribution in [2.45, 2.75) is 33.2 Å². The van der Waals surface area contributed by atoms with Gasteiger partial charge in [-0.25, -0.2) is 0 Å². The molecule has 0 saturated heterocycles. The molecule has 0 radical (unpaired) electrons. The molecule has 1 unspecified atom stereocenters. The Hall–Kier alpha value is -0.610. The van der Waals surface area contributed by atoms with Gasteiger partial charge in [0.1, 0.15) is 0 Å². The third kappa shape index (κ3) is 6.47. The number of hydrogen-bond donors (Lipinski definition) is 0. The van der Waals surface area contributed by atoms with Crippen LogP contribution >= 0.6 is 0 Å². The average molecular weight is 217 g/mol. The Kier molecular flexibility index (Phi) is 8.33. The molecule has 0 aliphatic carbocycles. The van der Waals surface area contributed by atoms with Crippen molar-refractivity contribution in [2.24, 2.45) is 0 Å². The second-order valence-corrected chi connectivity index (χ2v) is 3.45.